The predicted molar refractivity (Wildman–Crippen MR) is 146 cm³/mol. The molecule has 9 nitrogen and oxygen atoms in total. The van der Waals surface area contributed by atoms with Crippen molar-refractivity contribution < 1.29 is 24.3 Å². The van der Waals surface area contributed by atoms with Crippen molar-refractivity contribution in [1.82, 2.24) is 20.2 Å². The monoisotopic (exact) mass is 586 g/mol. The van der Waals surface area contributed by atoms with Gasteiger partial charge in [-0.1, -0.05) is 36.4 Å². The molecule has 10 heteroatoms. The molecule has 0 radical (unpaired) electrons. The molecule has 2 aromatic carbocycles. The Morgan fingerprint density at radius 2 is 1.21 bits per heavy atom. The lowest BCUT2D eigenvalue weighted by Gasteiger charge is -2.14. The first-order valence-corrected chi connectivity index (χ1v) is 12.6. The molecule has 196 valence electrons. The second-order valence-corrected chi connectivity index (χ2v) is 9.18. The number of hydrogen-bond donors (Lipinski definition) is 2. The van der Waals surface area contributed by atoms with Gasteiger partial charge < -0.3 is 5.11 Å². The zero-order valence-corrected chi connectivity index (χ0v) is 22.4. The molecule has 2 N–H and O–H groups in total. The number of carbonyl (C=O) groups excluding carboxylic acids is 4. The molecule has 4 aromatic rings. The molecule has 2 aliphatic heterocycles. The van der Waals surface area contributed by atoms with E-state index in [-0.39, 0.29) is 36.8 Å². The minimum absolute atomic E-state index is 0.0361. The van der Waals surface area contributed by atoms with Crippen LogP contribution in [0.3, 0.4) is 0 Å². The van der Waals surface area contributed by atoms with Crippen molar-refractivity contribution in [2.45, 2.75) is 20.1 Å². The highest BCUT2D eigenvalue weighted by atomic mass is 79.9. The summed E-state index contributed by atoms with van der Waals surface area (Å²) in [7, 11) is 0. The zero-order chi connectivity index (χ0) is 27.9. The Bertz CT molecular complexity index is 1500. The van der Waals surface area contributed by atoms with Crippen LogP contribution in [0.2, 0.25) is 0 Å². The molecule has 4 heterocycles. The topological polar surface area (TPSA) is 130 Å². The van der Waals surface area contributed by atoms with Crippen LogP contribution in [0.5, 0.6) is 0 Å². The number of amides is 4. The van der Waals surface area contributed by atoms with Crippen LogP contribution in [0, 0.1) is 6.92 Å². The lowest BCUT2D eigenvalue weighted by Crippen LogP contribution is -2.29. The van der Waals surface area contributed by atoms with Gasteiger partial charge in [-0.05, 0) is 64.8 Å². The number of aryl methyl sites for hydroxylation is 1. The highest BCUT2D eigenvalue weighted by molar-refractivity contribution is 9.10. The van der Waals surface area contributed by atoms with Crippen LogP contribution in [0.1, 0.15) is 58.3 Å². The van der Waals surface area contributed by atoms with E-state index in [9.17, 15) is 19.2 Å². The summed E-state index contributed by atoms with van der Waals surface area (Å²) in [6, 6.07) is 20.9. The Hall–Kier alpha value is -4.54. The van der Waals surface area contributed by atoms with E-state index in [4.69, 9.17) is 5.11 Å². The van der Waals surface area contributed by atoms with E-state index in [0.29, 0.717) is 26.9 Å². The average Bonchev–Trinajstić information content (AvgIpc) is 3.38. The van der Waals surface area contributed by atoms with Crippen molar-refractivity contribution >= 4 is 39.6 Å². The van der Waals surface area contributed by atoms with Gasteiger partial charge in [0, 0.05) is 23.7 Å². The van der Waals surface area contributed by atoms with Gasteiger partial charge in [0.15, 0.2) is 0 Å². The molecule has 0 saturated carbocycles. The Morgan fingerprint density at radius 1 is 0.718 bits per heavy atom. The molecule has 2 aromatic heterocycles. The van der Waals surface area contributed by atoms with Gasteiger partial charge in [-0.2, -0.15) is 0 Å². The summed E-state index contributed by atoms with van der Waals surface area (Å²) in [4.78, 5) is 55.7. The molecule has 0 fully saturated rings. The molecule has 0 saturated heterocycles. The summed E-state index contributed by atoms with van der Waals surface area (Å²) in [6.07, 6.45) is 3.37. The van der Waals surface area contributed by atoms with Gasteiger partial charge in [0.05, 0.1) is 35.4 Å². The summed E-state index contributed by atoms with van der Waals surface area (Å²) >= 11 is 3.19. The van der Waals surface area contributed by atoms with Gasteiger partial charge in [0.2, 0.25) is 0 Å². The van der Waals surface area contributed by atoms with Crippen molar-refractivity contribution in [3.63, 3.8) is 0 Å². The van der Waals surface area contributed by atoms with E-state index in [1.165, 1.54) is 4.90 Å². The van der Waals surface area contributed by atoms with Crippen LogP contribution >= 0.6 is 15.9 Å². The molecule has 0 unspecified atom stereocenters. The van der Waals surface area contributed by atoms with E-state index in [1.807, 2.05) is 19.1 Å². The van der Waals surface area contributed by atoms with Crippen LogP contribution in [0.25, 0.3) is 0 Å². The van der Waals surface area contributed by atoms with Crippen LogP contribution in [-0.2, 0) is 13.2 Å². The third-order valence-corrected chi connectivity index (χ3v) is 6.69. The second kappa shape index (κ2) is 12.3. The third-order valence-electron chi connectivity index (χ3n) is 5.97. The molecule has 0 spiro atoms. The number of carbonyl (C=O) groups is 4. The maximum absolute atomic E-state index is 12.2. The maximum atomic E-state index is 12.2. The van der Waals surface area contributed by atoms with Crippen LogP contribution < -0.4 is 5.32 Å². The molecule has 39 heavy (non-hydrogen) atoms. The number of aromatic nitrogens is 2. The fourth-order valence-corrected chi connectivity index (χ4v) is 4.27. The number of halogens is 1. The van der Waals surface area contributed by atoms with Gasteiger partial charge in [0.1, 0.15) is 4.60 Å². The Kier molecular flexibility index (Phi) is 8.70. The fraction of sp³-hybridized carbons (Fsp3) is 0.103. The first kappa shape index (κ1) is 27.5. The Labute approximate surface area is 232 Å². The molecule has 2 aliphatic rings. The molecule has 0 bridgehead atoms. The zero-order valence-electron chi connectivity index (χ0n) is 20.8. The van der Waals surface area contributed by atoms with Crippen molar-refractivity contribution in [3.8, 4) is 0 Å². The minimum atomic E-state index is -0.300. The molecule has 0 aliphatic carbocycles. The molecular weight excluding hydrogens is 564 g/mol. The number of aliphatic hydroxyl groups excluding tert-OH is 1. The van der Waals surface area contributed by atoms with E-state index in [1.54, 1.807) is 73.1 Å². The average molecular weight is 587 g/mol. The van der Waals surface area contributed by atoms with Crippen LogP contribution in [0.4, 0.5) is 0 Å². The van der Waals surface area contributed by atoms with E-state index in [2.05, 4.69) is 31.2 Å². The molecule has 6 rings (SSSR count). The lowest BCUT2D eigenvalue weighted by molar-refractivity contribution is 0.0641. The van der Waals surface area contributed by atoms with Crippen molar-refractivity contribution in [2.75, 3.05) is 0 Å². The van der Waals surface area contributed by atoms with Gasteiger partial charge >= 0.3 is 0 Å². The quantitative estimate of drug-likeness (QED) is 0.273. The fourth-order valence-electron chi connectivity index (χ4n) is 3.89. The SMILES string of the molecule is Cc1ncccc1CN1C(=O)c2ccccc2C1=O.O=C1NC(=O)c2ccccc21.OCc1cccnc1Br. The number of nitrogens with one attached hydrogen (secondary N) is 1. The minimum Gasteiger partial charge on any atom is -0.392 e. The summed E-state index contributed by atoms with van der Waals surface area (Å²) in [5.41, 5.74) is 4.44. The number of imide groups is 2. The van der Waals surface area contributed by atoms with Crippen molar-refractivity contribution in [2.24, 2.45) is 0 Å². The maximum Gasteiger partial charge on any atom is 0.261 e. The normalized spacial score (nSPS) is 13.1. The smallest absolute Gasteiger partial charge is 0.261 e. The van der Waals surface area contributed by atoms with Crippen molar-refractivity contribution in [1.29, 1.82) is 0 Å². The highest BCUT2D eigenvalue weighted by Gasteiger charge is 2.35. The van der Waals surface area contributed by atoms with Crippen LogP contribution in [-0.4, -0.2) is 43.6 Å². The van der Waals surface area contributed by atoms with Crippen LogP contribution in [0.15, 0.2) is 89.8 Å². The molecule has 0 atom stereocenters. The lowest BCUT2D eigenvalue weighted by atomic mass is 10.1. The second-order valence-electron chi connectivity index (χ2n) is 8.43. The highest BCUT2D eigenvalue weighted by Crippen LogP contribution is 2.24. The number of aliphatic hydroxyl groups is 1. The molecular formula is C29H23BrN4O5. The van der Waals surface area contributed by atoms with Crippen molar-refractivity contribution in [3.05, 3.63) is 129 Å². The summed E-state index contributed by atoms with van der Waals surface area (Å²) in [5.74, 6) is -1.07. The van der Waals surface area contributed by atoms with Gasteiger partial charge in [0.25, 0.3) is 23.6 Å². The Morgan fingerprint density at radius 3 is 1.67 bits per heavy atom. The number of benzene rings is 2. The first-order valence-electron chi connectivity index (χ1n) is 11.8. The molecule has 4 amide bonds. The summed E-state index contributed by atoms with van der Waals surface area (Å²) < 4.78 is 0.715. The largest absolute Gasteiger partial charge is 0.392 e. The van der Waals surface area contributed by atoms with Gasteiger partial charge in [-0.3, -0.25) is 34.4 Å². The van der Waals surface area contributed by atoms with Gasteiger partial charge in [-0.25, -0.2) is 4.98 Å². The van der Waals surface area contributed by atoms with E-state index in [0.717, 1.165) is 16.8 Å². The standard InChI is InChI=1S/C15H12N2O2.C8H5NO2.C6H6BrNO/c1-10-11(5-4-8-16-10)9-17-14(18)12-6-2-3-7-13(12)15(17)19;10-7-5-3-1-2-4-6(5)8(11)9-7;7-6-5(4-9)2-1-3-8-6/h2-8H,9H2,1H3;1-4H,(H,9,10,11);1-3,9H,4H2. The number of hydrogen-bond acceptors (Lipinski definition) is 7. The Balaban J connectivity index is 0.000000149. The number of pyridine rings is 2. The third kappa shape index (κ3) is 6.14. The number of nitrogens with zero attached hydrogens (tertiary/aromatic N) is 3. The number of fused-ring (bicyclic) bond motifs is 2. The summed E-state index contributed by atoms with van der Waals surface area (Å²) in [6.45, 7) is 2.17. The number of rotatable bonds is 3. The summed E-state index contributed by atoms with van der Waals surface area (Å²) in [5, 5.41) is 10.9. The first-order chi connectivity index (χ1) is 18.8. The van der Waals surface area contributed by atoms with E-state index < -0.39 is 0 Å². The van der Waals surface area contributed by atoms with E-state index >= 15 is 0 Å². The van der Waals surface area contributed by atoms with Gasteiger partial charge in [-0.15, -0.1) is 0 Å². The predicted octanol–water partition coefficient (Wildman–Crippen LogP) is 4.09.